The minimum atomic E-state index is 0.549. The fourth-order valence-corrected chi connectivity index (χ4v) is 3.41. The third kappa shape index (κ3) is 4.09. The lowest BCUT2D eigenvalue weighted by atomic mass is 10.1. The van der Waals surface area contributed by atoms with Gasteiger partial charge in [0.1, 0.15) is 0 Å². The van der Waals surface area contributed by atoms with E-state index in [0.717, 1.165) is 57.4 Å². The monoisotopic (exact) mass is 336 g/mol. The lowest BCUT2D eigenvalue weighted by molar-refractivity contribution is 0.0674. The number of nitrogens with zero attached hydrogens (tertiary/aromatic N) is 3. The summed E-state index contributed by atoms with van der Waals surface area (Å²) in [7, 11) is 0. The van der Waals surface area contributed by atoms with Crippen LogP contribution in [0.2, 0.25) is 5.02 Å². The normalized spacial score (nSPS) is 22.7. The zero-order chi connectivity index (χ0) is 16.2. The molecule has 2 heterocycles. The van der Waals surface area contributed by atoms with E-state index in [1.165, 1.54) is 11.3 Å². The first-order valence-electron chi connectivity index (χ1n) is 8.27. The number of morpholine rings is 1. The van der Waals surface area contributed by atoms with Crippen molar-refractivity contribution in [2.45, 2.75) is 13.3 Å². The molecule has 5 nitrogen and oxygen atoms in total. The maximum absolute atomic E-state index is 6.14. The van der Waals surface area contributed by atoms with E-state index in [1.54, 1.807) is 0 Å². The van der Waals surface area contributed by atoms with Crippen molar-refractivity contribution in [1.29, 1.82) is 0 Å². The Morgan fingerprint density at radius 3 is 2.91 bits per heavy atom. The second kappa shape index (κ2) is 7.41. The third-order valence-electron chi connectivity index (χ3n) is 4.64. The summed E-state index contributed by atoms with van der Waals surface area (Å²) in [5.74, 6) is 1.21. The van der Waals surface area contributed by atoms with Gasteiger partial charge in [0.2, 0.25) is 0 Å². The molecule has 0 radical (unpaired) electrons. The van der Waals surface area contributed by atoms with Crippen molar-refractivity contribution >= 4 is 23.2 Å². The molecule has 6 heteroatoms. The van der Waals surface area contributed by atoms with Crippen molar-refractivity contribution in [2.75, 3.05) is 50.8 Å². The van der Waals surface area contributed by atoms with Gasteiger partial charge in [0.05, 0.1) is 13.2 Å². The summed E-state index contributed by atoms with van der Waals surface area (Å²) in [6.45, 7) is 8.15. The first kappa shape index (κ1) is 16.4. The third-order valence-corrected chi connectivity index (χ3v) is 4.88. The van der Waals surface area contributed by atoms with Gasteiger partial charge in [-0.1, -0.05) is 17.7 Å². The second-order valence-electron chi connectivity index (χ2n) is 6.33. The highest BCUT2D eigenvalue weighted by Crippen LogP contribution is 2.29. The van der Waals surface area contributed by atoms with Gasteiger partial charge in [-0.3, -0.25) is 4.99 Å². The number of anilines is 1. The number of hydrogen-bond donors (Lipinski definition) is 1. The van der Waals surface area contributed by atoms with E-state index >= 15 is 0 Å². The van der Waals surface area contributed by atoms with E-state index in [4.69, 9.17) is 22.1 Å². The van der Waals surface area contributed by atoms with Crippen LogP contribution in [0.15, 0.2) is 23.2 Å². The smallest absolute Gasteiger partial charge is 0.191 e. The van der Waals surface area contributed by atoms with Crippen LogP contribution < -0.4 is 10.6 Å². The maximum atomic E-state index is 6.14. The fourth-order valence-electron chi connectivity index (χ4n) is 3.24. The molecular formula is C17H25ClN4O. The number of aliphatic imine (C=N–C) groups is 1. The second-order valence-corrected chi connectivity index (χ2v) is 6.77. The van der Waals surface area contributed by atoms with Gasteiger partial charge >= 0.3 is 0 Å². The molecule has 0 saturated carbocycles. The summed E-state index contributed by atoms with van der Waals surface area (Å²) in [5.41, 5.74) is 8.62. The zero-order valence-electron chi connectivity index (χ0n) is 13.7. The van der Waals surface area contributed by atoms with Crippen molar-refractivity contribution in [3.05, 3.63) is 28.8 Å². The van der Waals surface area contributed by atoms with Crippen LogP contribution in [0.3, 0.4) is 0 Å². The highest BCUT2D eigenvalue weighted by atomic mass is 35.5. The zero-order valence-corrected chi connectivity index (χ0v) is 14.4. The molecular weight excluding hydrogens is 312 g/mol. The van der Waals surface area contributed by atoms with E-state index in [1.807, 2.05) is 6.07 Å². The number of hydrogen-bond acceptors (Lipinski definition) is 3. The van der Waals surface area contributed by atoms with Gasteiger partial charge in [0.15, 0.2) is 5.96 Å². The Balaban J connectivity index is 1.56. The van der Waals surface area contributed by atoms with Crippen LogP contribution in [0, 0.1) is 12.8 Å². The number of aryl methyl sites for hydroxylation is 1. The molecule has 1 aromatic rings. The average molecular weight is 337 g/mol. The summed E-state index contributed by atoms with van der Waals surface area (Å²) in [5, 5.41) is 0.795. The predicted octanol–water partition coefficient (Wildman–Crippen LogP) is 2.12. The van der Waals surface area contributed by atoms with Crippen LogP contribution in [0.1, 0.15) is 12.0 Å². The Hall–Kier alpha value is -1.46. The molecule has 23 heavy (non-hydrogen) atoms. The van der Waals surface area contributed by atoms with Gasteiger partial charge in [-0.2, -0.15) is 0 Å². The molecule has 126 valence electrons. The standard InChI is InChI=1S/C17H25ClN4O/c1-13-2-3-15(18)10-16(13)22-5-4-14(12-22)11-20-17(19)21-6-8-23-9-7-21/h2-3,10,14H,4-9,11-12H2,1H3,(H2,19,20). The number of halogens is 1. The summed E-state index contributed by atoms with van der Waals surface area (Å²) in [6, 6.07) is 6.09. The molecule has 0 aliphatic carbocycles. The van der Waals surface area contributed by atoms with Crippen LogP contribution in [0.4, 0.5) is 5.69 Å². The Kier molecular flexibility index (Phi) is 5.28. The maximum Gasteiger partial charge on any atom is 0.191 e. The number of ether oxygens (including phenoxy) is 1. The largest absolute Gasteiger partial charge is 0.378 e. The molecule has 0 bridgehead atoms. The highest BCUT2D eigenvalue weighted by Gasteiger charge is 2.24. The molecule has 2 aliphatic heterocycles. The Labute approximate surface area is 143 Å². The van der Waals surface area contributed by atoms with Gasteiger partial charge in [-0.25, -0.2) is 0 Å². The minimum absolute atomic E-state index is 0.549. The summed E-state index contributed by atoms with van der Waals surface area (Å²) < 4.78 is 5.34. The number of nitrogens with two attached hydrogens (primary N) is 1. The van der Waals surface area contributed by atoms with Gasteiger partial charge in [-0.15, -0.1) is 0 Å². The van der Waals surface area contributed by atoms with Gasteiger partial charge in [0.25, 0.3) is 0 Å². The fraction of sp³-hybridized carbons (Fsp3) is 0.588. The van der Waals surface area contributed by atoms with Crippen molar-refractivity contribution in [2.24, 2.45) is 16.6 Å². The number of rotatable bonds is 3. The number of benzene rings is 1. The summed E-state index contributed by atoms with van der Waals surface area (Å²) in [4.78, 5) is 9.13. The lowest BCUT2D eigenvalue weighted by Gasteiger charge is -2.27. The minimum Gasteiger partial charge on any atom is -0.378 e. The molecule has 1 atom stereocenters. The summed E-state index contributed by atoms with van der Waals surface area (Å²) in [6.07, 6.45) is 1.14. The van der Waals surface area contributed by atoms with E-state index in [9.17, 15) is 0 Å². The molecule has 2 N–H and O–H groups in total. The van der Waals surface area contributed by atoms with E-state index in [-0.39, 0.29) is 0 Å². The average Bonchev–Trinajstić information content (AvgIpc) is 3.04. The van der Waals surface area contributed by atoms with E-state index in [0.29, 0.717) is 11.9 Å². The Bertz CT molecular complexity index is 572. The van der Waals surface area contributed by atoms with Crippen LogP contribution >= 0.6 is 11.6 Å². The van der Waals surface area contributed by atoms with Gasteiger partial charge < -0.3 is 20.3 Å². The van der Waals surface area contributed by atoms with Crippen molar-refractivity contribution in [3.63, 3.8) is 0 Å². The molecule has 2 aliphatic rings. The van der Waals surface area contributed by atoms with Crippen molar-refractivity contribution in [3.8, 4) is 0 Å². The van der Waals surface area contributed by atoms with Crippen molar-refractivity contribution < 1.29 is 4.74 Å². The first-order valence-corrected chi connectivity index (χ1v) is 8.65. The van der Waals surface area contributed by atoms with Crippen molar-refractivity contribution in [1.82, 2.24) is 4.90 Å². The van der Waals surface area contributed by atoms with E-state index < -0.39 is 0 Å². The summed E-state index contributed by atoms with van der Waals surface area (Å²) >= 11 is 6.14. The topological polar surface area (TPSA) is 54.1 Å². The SMILES string of the molecule is Cc1ccc(Cl)cc1N1CCC(CN=C(N)N2CCOCC2)C1. The number of guanidine groups is 1. The molecule has 1 aromatic carbocycles. The first-order chi connectivity index (χ1) is 11.1. The van der Waals surface area contributed by atoms with Gasteiger partial charge in [0, 0.05) is 43.4 Å². The molecule has 2 fully saturated rings. The highest BCUT2D eigenvalue weighted by molar-refractivity contribution is 6.30. The molecule has 2 saturated heterocycles. The Morgan fingerprint density at radius 2 is 2.13 bits per heavy atom. The van der Waals surface area contributed by atoms with Crippen LogP contribution in [-0.4, -0.2) is 56.8 Å². The lowest BCUT2D eigenvalue weighted by Crippen LogP contribution is -2.45. The Morgan fingerprint density at radius 1 is 1.35 bits per heavy atom. The van der Waals surface area contributed by atoms with Crippen LogP contribution in [0.25, 0.3) is 0 Å². The molecule has 0 aromatic heterocycles. The predicted molar refractivity (Wildman–Crippen MR) is 95.4 cm³/mol. The van der Waals surface area contributed by atoms with Gasteiger partial charge in [-0.05, 0) is 37.0 Å². The molecule has 0 amide bonds. The molecule has 1 unspecified atom stereocenters. The molecule has 3 rings (SSSR count). The van der Waals surface area contributed by atoms with Crippen LogP contribution in [-0.2, 0) is 4.74 Å². The molecule has 0 spiro atoms. The quantitative estimate of drug-likeness (QED) is 0.678. The van der Waals surface area contributed by atoms with Crippen LogP contribution in [0.5, 0.6) is 0 Å². The van der Waals surface area contributed by atoms with E-state index in [2.05, 4.69) is 33.8 Å².